The van der Waals surface area contributed by atoms with Crippen molar-refractivity contribution in [3.63, 3.8) is 0 Å². The molecule has 0 aliphatic carbocycles. The smallest absolute Gasteiger partial charge is 0.261 e. The second-order valence-electron chi connectivity index (χ2n) is 5.93. The molecule has 5 heteroatoms. The van der Waals surface area contributed by atoms with Crippen LogP contribution < -0.4 is 10.1 Å². The molecular weight excluding hydrogens is 300 g/mol. The minimum atomic E-state index is 0. The topological polar surface area (TPSA) is 41.6 Å². The number of carbonyl (C=O) groups is 1. The van der Waals surface area contributed by atoms with E-state index in [1.807, 2.05) is 18.2 Å². The number of carbonyl (C=O) groups excluding carboxylic acids is 1. The molecule has 3 rings (SSSR count). The predicted molar refractivity (Wildman–Crippen MR) is 89.7 cm³/mol. The summed E-state index contributed by atoms with van der Waals surface area (Å²) in [7, 11) is 0. The summed E-state index contributed by atoms with van der Waals surface area (Å²) in [5, 5.41) is 3.42. The molecule has 1 aromatic carbocycles. The number of benzene rings is 1. The van der Waals surface area contributed by atoms with Gasteiger partial charge in [0, 0.05) is 18.6 Å². The SMILES string of the molecule is CCc1ccccc1OCC(=O)N1C2CCNCC1CC2.Cl. The van der Waals surface area contributed by atoms with Gasteiger partial charge in [0.05, 0.1) is 0 Å². The van der Waals surface area contributed by atoms with Gasteiger partial charge in [-0.15, -0.1) is 12.4 Å². The van der Waals surface area contributed by atoms with Gasteiger partial charge < -0.3 is 15.0 Å². The van der Waals surface area contributed by atoms with Crippen LogP contribution in [-0.2, 0) is 11.2 Å². The van der Waals surface area contributed by atoms with Gasteiger partial charge in [-0.3, -0.25) is 4.79 Å². The average Bonchev–Trinajstić information content (AvgIpc) is 2.78. The Morgan fingerprint density at radius 1 is 1.27 bits per heavy atom. The number of nitrogens with zero attached hydrogens (tertiary/aromatic N) is 1. The average molecular weight is 325 g/mol. The molecule has 2 bridgehead atoms. The highest BCUT2D eigenvalue weighted by Gasteiger charge is 2.37. The Kier molecular flexibility index (Phi) is 6.09. The van der Waals surface area contributed by atoms with Crippen molar-refractivity contribution in [2.24, 2.45) is 0 Å². The molecular formula is C17H25ClN2O2. The van der Waals surface area contributed by atoms with E-state index in [1.54, 1.807) is 0 Å². The third kappa shape index (κ3) is 3.55. The second-order valence-corrected chi connectivity index (χ2v) is 5.93. The molecule has 0 saturated carbocycles. The molecule has 2 aliphatic rings. The molecule has 0 radical (unpaired) electrons. The normalized spacial score (nSPS) is 23.6. The number of fused-ring (bicyclic) bond motifs is 2. The van der Waals surface area contributed by atoms with E-state index < -0.39 is 0 Å². The molecule has 122 valence electrons. The fourth-order valence-corrected chi connectivity index (χ4v) is 3.54. The zero-order chi connectivity index (χ0) is 14.7. The summed E-state index contributed by atoms with van der Waals surface area (Å²) in [4.78, 5) is 14.6. The summed E-state index contributed by atoms with van der Waals surface area (Å²) in [6.45, 7) is 4.20. The van der Waals surface area contributed by atoms with Crippen LogP contribution in [0.5, 0.6) is 5.75 Å². The lowest BCUT2D eigenvalue weighted by molar-refractivity contribution is -0.136. The van der Waals surface area contributed by atoms with E-state index in [4.69, 9.17) is 4.74 Å². The maximum atomic E-state index is 12.6. The van der Waals surface area contributed by atoms with Crippen LogP contribution in [0.1, 0.15) is 31.7 Å². The predicted octanol–water partition coefficient (Wildman–Crippen LogP) is 2.40. The zero-order valence-corrected chi connectivity index (χ0v) is 13.9. The number of para-hydroxylation sites is 1. The highest BCUT2D eigenvalue weighted by atomic mass is 35.5. The Hall–Kier alpha value is -1.26. The molecule has 0 aromatic heterocycles. The van der Waals surface area contributed by atoms with Crippen LogP contribution in [0.25, 0.3) is 0 Å². The first-order valence-electron chi connectivity index (χ1n) is 8.02. The lowest BCUT2D eigenvalue weighted by Crippen LogP contribution is -2.44. The maximum absolute atomic E-state index is 12.6. The zero-order valence-electron chi connectivity index (χ0n) is 13.1. The minimum absolute atomic E-state index is 0. The van der Waals surface area contributed by atoms with Crippen LogP contribution >= 0.6 is 12.4 Å². The van der Waals surface area contributed by atoms with Crippen LogP contribution in [0, 0.1) is 0 Å². The van der Waals surface area contributed by atoms with Crippen LogP contribution in [0.2, 0.25) is 0 Å². The Labute approximate surface area is 138 Å². The number of hydrogen-bond donors (Lipinski definition) is 1. The Bertz CT molecular complexity index is 495. The lowest BCUT2D eigenvalue weighted by Gasteiger charge is -2.28. The molecule has 2 saturated heterocycles. The summed E-state index contributed by atoms with van der Waals surface area (Å²) in [5.41, 5.74) is 1.16. The van der Waals surface area contributed by atoms with E-state index in [0.29, 0.717) is 12.1 Å². The summed E-state index contributed by atoms with van der Waals surface area (Å²) in [5.74, 6) is 0.978. The molecule has 1 aromatic rings. The van der Waals surface area contributed by atoms with Crippen LogP contribution in [0.15, 0.2) is 24.3 Å². The molecule has 0 spiro atoms. The molecule has 2 heterocycles. The summed E-state index contributed by atoms with van der Waals surface area (Å²) in [6, 6.07) is 8.73. The maximum Gasteiger partial charge on any atom is 0.261 e. The monoisotopic (exact) mass is 324 g/mol. The molecule has 2 unspecified atom stereocenters. The van der Waals surface area contributed by atoms with E-state index >= 15 is 0 Å². The Morgan fingerprint density at radius 3 is 2.86 bits per heavy atom. The number of hydrogen-bond acceptors (Lipinski definition) is 3. The Morgan fingerprint density at radius 2 is 2.05 bits per heavy atom. The first-order chi connectivity index (χ1) is 10.3. The molecule has 2 atom stereocenters. The number of rotatable bonds is 4. The third-order valence-electron chi connectivity index (χ3n) is 4.65. The van der Waals surface area contributed by atoms with E-state index in [1.165, 1.54) is 0 Å². The minimum Gasteiger partial charge on any atom is -0.483 e. The largest absolute Gasteiger partial charge is 0.483 e. The van der Waals surface area contributed by atoms with Crippen molar-refractivity contribution in [3.05, 3.63) is 29.8 Å². The molecule has 4 nitrogen and oxygen atoms in total. The standard InChI is InChI=1S/C17H24N2O2.ClH/c1-2-13-5-3-4-6-16(13)21-12-17(20)19-14-7-8-15(19)11-18-10-9-14;/h3-6,14-15,18H,2,7-12H2,1H3;1H. The van der Waals surface area contributed by atoms with E-state index in [0.717, 1.165) is 50.1 Å². The summed E-state index contributed by atoms with van der Waals surface area (Å²) < 4.78 is 5.80. The number of ether oxygens (including phenoxy) is 1. The van der Waals surface area contributed by atoms with Gasteiger partial charge >= 0.3 is 0 Å². The number of halogens is 1. The van der Waals surface area contributed by atoms with Crippen molar-refractivity contribution in [3.8, 4) is 5.75 Å². The molecule has 1 N–H and O–H groups in total. The van der Waals surface area contributed by atoms with Crippen LogP contribution in [0.3, 0.4) is 0 Å². The van der Waals surface area contributed by atoms with Crippen molar-refractivity contribution in [2.75, 3.05) is 19.7 Å². The van der Waals surface area contributed by atoms with Gasteiger partial charge in [-0.05, 0) is 43.9 Å². The number of amides is 1. The van der Waals surface area contributed by atoms with Crippen molar-refractivity contribution >= 4 is 18.3 Å². The van der Waals surface area contributed by atoms with Gasteiger partial charge in [0.25, 0.3) is 5.91 Å². The summed E-state index contributed by atoms with van der Waals surface area (Å²) in [6.07, 6.45) is 4.25. The van der Waals surface area contributed by atoms with Crippen molar-refractivity contribution in [1.29, 1.82) is 0 Å². The second kappa shape index (κ2) is 7.84. The van der Waals surface area contributed by atoms with Gasteiger partial charge in [0.15, 0.2) is 6.61 Å². The van der Waals surface area contributed by atoms with Crippen molar-refractivity contribution in [2.45, 2.75) is 44.7 Å². The Balaban J connectivity index is 0.00000176. The van der Waals surface area contributed by atoms with Gasteiger partial charge in [0.1, 0.15) is 5.75 Å². The highest BCUT2D eigenvalue weighted by Crippen LogP contribution is 2.28. The highest BCUT2D eigenvalue weighted by molar-refractivity contribution is 5.85. The molecule has 1 amide bonds. The van der Waals surface area contributed by atoms with E-state index in [-0.39, 0.29) is 24.9 Å². The van der Waals surface area contributed by atoms with Gasteiger partial charge in [-0.1, -0.05) is 25.1 Å². The fourth-order valence-electron chi connectivity index (χ4n) is 3.54. The first kappa shape index (κ1) is 17.1. The summed E-state index contributed by atoms with van der Waals surface area (Å²) >= 11 is 0. The van der Waals surface area contributed by atoms with E-state index in [2.05, 4.69) is 23.2 Å². The first-order valence-corrected chi connectivity index (χ1v) is 8.02. The number of aryl methyl sites for hydroxylation is 1. The third-order valence-corrected chi connectivity index (χ3v) is 4.65. The fraction of sp³-hybridized carbons (Fsp3) is 0.588. The van der Waals surface area contributed by atoms with E-state index in [9.17, 15) is 4.79 Å². The van der Waals surface area contributed by atoms with Gasteiger partial charge in [-0.2, -0.15) is 0 Å². The quantitative estimate of drug-likeness (QED) is 0.924. The molecule has 22 heavy (non-hydrogen) atoms. The molecule has 2 fully saturated rings. The van der Waals surface area contributed by atoms with Gasteiger partial charge in [0.2, 0.25) is 0 Å². The van der Waals surface area contributed by atoms with Crippen molar-refractivity contribution in [1.82, 2.24) is 10.2 Å². The lowest BCUT2D eigenvalue weighted by atomic mass is 10.1. The van der Waals surface area contributed by atoms with Crippen LogP contribution in [0.4, 0.5) is 0 Å². The molecule has 2 aliphatic heterocycles. The van der Waals surface area contributed by atoms with Gasteiger partial charge in [-0.25, -0.2) is 0 Å². The van der Waals surface area contributed by atoms with Crippen LogP contribution in [-0.4, -0.2) is 42.6 Å². The number of nitrogens with one attached hydrogen (secondary N) is 1. The van der Waals surface area contributed by atoms with Crippen molar-refractivity contribution < 1.29 is 9.53 Å².